The van der Waals surface area contributed by atoms with Crippen molar-refractivity contribution in [1.29, 1.82) is 0 Å². The van der Waals surface area contributed by atoms with Gasteiger partial charge in [-0.2, -0.15) is 5.10 Å². The Hall–Kier alpha value is -4.93. The molecule has 1 N–H and O–H groups in total. The van der Waals surface area contributed by atoms with Gasteiger partial charge in [-0.1, -0.05) is 18.2 Å². The van der Waals surface area contributed by atoms with Gasteiger partial charge in [0.25, 0.3) is 17.3 Å². The topological polar surface area (TPSA) is 154 Å². The largest absolute Gasteiger partial charge is 0.423 e. The summed E-state index contributed by atoms with van der Waals surface area (Å²) >= 11 is 0. The molecule has 0 aliphatic heterocycles. The number of hydrazone groups is 1. The quantitative estimate of drug-likeness (QED) is 0.196. The molecule has 0 heterocycles. The van der Waals surface area contributed by atoms with Gasteiger partial charge in [0.2, 0.25) is 0 Å². The summed E-state index contributed by atoms with van der Waals surface area (Å²) in [7, 11) is 0. The van der Waals surface area contributed by atoms with Gasteiger partial charge in [0.1, 0.15) is 5.75 Å². The predicted molar refractivity (Wildman–Crippen MR) is 113 cm³/mol. The molecular formula is C21H14N4O7. The van der Waals surface area contributed by atoms with Crippen LogP contribution in [0.15, 0.2) is 77.9 Å². The van der Waals surface area contributed by atoms with Gasteiger partial charge in [-0.25, -0.2) is 10.2 Å². The number of nitrogens with zero attached hydrogens (tertiary/aromatic N) is 3. The number of nitro groups is 2. The van der Waals surface area contributed by atoms with Crippen LogP contribution in [0, 0.1) is 20.2 Å². The summed E-state index contributed by atoms with van der Waals surface area (Å²) in [5.41, 5.74) is 2.63. The highest BCUT2D eigenvalue weighted by atomic mass is 16.6. The number of nitrogens with one attached hydrogen (secondary N) is 1. The molecule has 160 valence electrons. The molecule has 0 saturated carbocycles. The van der Waals surface area contributed by atoms with Crippen molar-refractivity contribution in [1.82, 2.24) is 5.43 Å². The zero-order chi connectivity index (χ0) is 23.1. The number of carbonyl (C=O) groups is 2. The van der Waals surface area contributed by atoms with Crippen molar-refractivity contribution in [3.8, 4) is 5.75 Å². The number of carbonyl (C=O) groups excluding carboxylic acids is 2. The fourth-order valence-corrected chi connectivity index (χ4v) is 2.54. The zero-order valence-corrected chi connectivity index (χ0v) is 16.2. The fourth-order valence-electron chi connectivity index (χ4n) is 2.54. The van der Waals surface area contributed by atoms with Gasteiger partial charge < -0.3 is 4.74 Å². The Bertz CT molecular complexity index is 1220. The van der Waals surface area contributed by atoms with E-state index in [0.717, 1.165) is 6.07 Å². The van der Waals surface area contributed by atoms with Crippen LogP contribution < -0.4 is 10.2 Å². The molecule has 0 aromatic heterocycles. The first-order chi connectivity index (χ1) is 15.3. The Labute approximate surface area is 180 Å². The monoisotopic (exact) mass is 434 g/mol. The molecule has 0 aliphatic rings. The summed E-state index contributed by atoms with van der Waals surface area (Å²) in [6.45, 7) is 0. The number of benzene rings is 3. The normalized spacial score (nSPS) is 10.5. The summed E-state index contributed by atoms with van der Waals surface area (Å²) < 4.78 is 5.24. The second kappa shape index (κ2) is 9.71. The first-order valence-electron chi connectivity index (χ1n) is 8.98. The predicted octanol–water partition coefficient (Wildman–Crippen LogP) is 3.49. The molecule has 3 aromatic rings. The highest BCUT2D eigenvalue weighted by Gasteiger charge is 2.13. The minimum atomic E-state index is -0.769. The van der Waals surface area contributed by atoms with E-state index >= 15 is 0 Å². The maximum absolute atomic E-state index is 12.2. The highest BCUT2D eigenvalue weighted by Crippen LogP contribution is 2.17. The van der Waals surface area contributed by atoms with Crippen LogP contribution in [0.25, 0.3) is 0 Å². The Morgan fingerprint density at radius 1 is 0.844 bits per heavy atom. The van der Waals surface area contributed by atoms with Crippen molar-refractivity contribution in [2.75, 3.05) is 0 Å². The van der Waals surface area contributed by atoms with Crippen LogP contribution in [0.5, 0.6) is 5.75 Å². The number of ether oxygens (including phenoxy) is 1. The molecule has 0 atom stereocenters. The van der Waals surface area contributed by atoms with E-state index in [9.17, 15) is 29.8 Å². The number of hydrogen-bond acceptors (Lipinski definition) is 8. The lowest BCUT2D eigenvalue weighted by molar-refractivity contribution is -0.385. The summed E-state index contributed by atoms with van der Waals surface area (Å²) in [5.74, 6) is -1.16. The average molecular weight is 434 g/mol. The van der Waals surface area contributed by atoms with Gasteiger partial charge in [0, 0.05) is 29.8 Å². The van der Waals surface area contributed by atoms with Crippen molar-refractivity contribution in [2.45, 2.75) is 0 Å². The number of rotatable bonds is 7. The smallest absolute Gasteiger partial charge is 0.343 e. The molecule has 3 rings (SSSR count). The molecule has 0 bridgehead atoms. The summed E-state index contributed by atoms with van der Waals surface area (Å²) in [6, 6.07) is 16.4. The van der Waals surface area contributed by atoms with Crippen LogP contribution in [0.1, 0.15) is 26.3 Å². The molecule has 0 aliphatic carbocycles. The molecule has 1 amide bonds. The molecule has 0 fully saturated rings. The minimum absolute atomic E-state index is 0.0219. The van der Waals surface area contributed by atoms with Crippen LogP contribution >= 0.6 is 0 Å². The summed E-state index contributed by atoms with van der Waals surface area (Å²) in [4.78, 5) is 44.6. The second-order valence-corrected chi connectivity index (χ2v) is 6.27. The lowest BCUT2D eigenvalue weighted by Gasteiger charge is -2.05. The molecule has 0 saturated heterocycles. The van der Waals surface area contributed by atoms with Crippen molar-refractivity contribution < 1.29 is 24.2 Å². The molecule has 0 spiro atoms. The molecule has 0 unspecified atom stereocenters. The number of amides is 1. The Morgan fingerprint density at radius 2 is 1.53 bits per heavy atom. The third-order valence-corrected chi connectivity index (χ3v) is 4.08. The van der Waals surface area contributed by atoms with E-state index in [1.807, 2.05) is 0 Å². The van der Waals surface area contributed by atoms with Crippen molar-refractivity contribution in [3.05, 3.63) is 110 Å². The van der Waals surface area contributed by atoms with Gasteiger partial charge >= 0.3 is 5.97 Å². The van der Waals surface area contributed by atoms with E-state index in [0.29, 0.717) is 5.56 Å². The summed E-state index contributed by atoms with van der Waals surface area (Å²) in [5, 5.41) is 25.3. The maximum atomic E-state index is 12.2. The lowest BCUT2D eigenvalue weighted by Crippen LogP contribution is -2.17. The van der Waals surface area contributed by atoms with Gasteiger partial charge in [-0.3, -0.25) is 25.0 Å². The van der Waals surface area contributed by atoms with Crippen LogP contribution in [0.4, 0.5) is 11.4 Å². The van der Waals surface area contributed by atoms with Crippen molar-refractivity contribution >= 4 is 29.5 Å². The van der Waals surface area contributed by atoms with Gasteiger partial charge in [0.15, 0.2) is 0 Å². The SMILES string of the molecule is O=C(NN=Cc1cccc(OC(=O)c2cccc([N+](=O)[O-])c2)c1)c1ccc([N+](=O)[O-])cc1. The summed E-state index contributed by atoms with van der Waals surface area (Å²) in [6.07, 6.45) is 1.31. The van der Waals surface area contributed by atoms with Crippen LogP contribution in [-0.2, 0) is 0 Å². The van der Waals surface area contributed by atoms with E-state index in [-0.39, 0.29) is 28.3 Å². The molecule has 32 heavy (non-hydrogen) atoms. The molecule has 0 radical (unpaired) electrons. The number of non-ortho nitro benzene ring substituents is 2. The van der Waals surface area contributed by atoms with Crippen LogP contribution in [-0.4, -0.2) is 27.9 Å². The second-order valence-electron chi connectivity index (χ2n) is 6.27. The first-order valence-corrected chi connectivity index (χ1v) is 8.98. The van der Waals surface area contributed by atoms with E-state index < -0.39 is 21.7 Å². The van der Waals surface area contributed by atoms with Gasteiger partial charge in [-0.15, -0.1) is 0 Å². The third kappa shape index (κ3) is 5.57. The first kappa shape index (κ1) is 21.8. The van der Waals surface area contributed by atoms with Crippen LogP contribution in [0.3, 0.4) is 0 Å². The molecular weight excluding hydrogens is 420 g/mol. The van der Waals surface area contributed by atoms with E-state index in [1.54, 1.807) is 12.1 Å². The van der Waals surface area contributed by atoms with Crippen molar-refractivity contribution in [3.63, 3.8) is 0 Å². The minimum Gasteiger partial charge on any atom is -0.423 e. The van der Waals surface area contributed by atoms with Crippen molar-refractivity contribution in [2.24, 2.45) is 5.10 Å². The zero-order valence-electron chi connectivity index (χ0n) is 16.2. The van der Waals surface area contributed by atoms with Gasteiger partial charge in [-0.05, 0) is 35.9 Å². The standard InChI is InChI=1S/C21H14N4O7/c26-20(15-7-9-17(10-8-15)24(28)29)23-22-13-14-3-1-6-19(11-14)32-21(27)16-4-2-5-18(12-16)25(30)31/h1-13H,(H,23,26). The third-order valence-electron chi connectivity index (χ3n) is 4.08. The van der Waals surface area contributed by atoms with E-state index in [1.165, 1.54) is 60.8 Å². The molecule has 11 nitrogen and oxygen atoms in total. The number of nitro benzene ring substituents is 2. The van der Waals surface area contributed by atoms with Crippen LogP contribution in [0.2, 0.25) is 0 Å². The van der Waals surface area contributed by atoms with E-state index in [2.05, 4.69) is 10.5 Å². The Kier molecular flexibility index (Phi) is 6.61. The number of hydrogen-bond donors (Lipinski definition) is 1. The molecule has 3 aromatic carbocycles. The Balaban J connectivity index is 1.63. The van der Waals surface area contributed by atoms with E-state index in [4.69, 9.17) is 4.74 Å². The average Bonchev–Trinajstić information content (AvgIpc) is 2.79. The Morgan fingerprint density at radius 3 is 2.22 bits per heavy atom. The molecule has 11 heteroatoms. The lowest BCUT2D eigenvalue weighted by atomic mass is 10.2. The maximum Gasteiger partial charge on any atom is 0.343 e. The number of esters is 1. The van der Waals surface area contributed by atoms with Gasteiger partial charge in [0.05, 0.1) is 21.6 Å². The fraction of sp³-hybridized carbons (Fsp3) is 0. The highest BCUT2D eigenvalue weighted by molar-refractivity contribution is 5.95.